The largest absolute Gasteiger partial charge is 0.507 e. The molecule has 4 rings (SSSR count). The standard InChI is InChI=1S/C19H20ClN3O3/c1-10-4-11(20)5-15(24)17(10)14-6-13-16(26-3)9-23(18(13)22-21-14)12-7-19(2,25)8-12/h4-6,9,12,24-25H,7-8H2,1-3H3. The molecule has 7 heteroatoms. The molecule has 1 aliphatic carbocycles. The number of hydrogen-bond acceptors (Lipinski definition) is 5. The van der Waals surface area contributed by atoms with Gasteiger partial charge in [-0.2, -0.15) is 0 Å². The Bertz CT molecular complexity index is 982. The summed E-state index contributed by atoms with van der Waals surface area (Å²) in [7, 11) is 1.61. The molecule has 1 saturated carbocycles. The highest BCUT2D eigenvalue weighted by atomic mass is 35.5. The summed E-state index contributed by atoms with van der Waals surface area (Å²) < 4.78 is 7.53. The average molecular weight is 374 g/mol. The summed E-state index contributed by atoms with van der Waals surface area (Å²) in [6, 6.07) is 5.31. The first-order valence-electron chi connectivity index (χ1n) is 8.43. The molecular formula is C19H20ClN3O3. The summed E-state index contributed by atoms with van der Waals surface area (Å²) in [6.45, 7) is 3.70. The van der Waals surface area contributed by atoms with Crippen molar-refractivity contribution < 1.29 is 14.9 Å². The number of ether oxygens (including phenoxy) is 1. The Morgan fingerprint density at radius 2 is 2.00 bits per heavy atom. The van der Waals surface area contributed by atoms with Crippen LogP contribution in [0.3, 0.4) is 0 Å². The minimum Gasteiger partial charge on any atom is -0.507 e. The van der Waals surface area contributed by atoms with Gasteiger partial charge in [0.1, 0.15) is 11.5 Å². The summed E-state index contributed by atoms with van der Waals surface area (Å²) in [5.41, 5.74) is 2.05. The van der Waals surface area contributed by atoms with Crippen LogP contribution in [0.4, 0.5) is 0 Å². The van der Waals surface area contributed by atoms with Crippen molar-refractivity contribution in [3.05, 3.63) is 35.0 Å². The van der Waals surface area contributed by atoms with Gasteiger partial charge in [-0.3, -0.25) is 0 Å². The van der Waals surface area contributed by atoms with E-state index < -0.39 is 5.60 Å². The van der Waals surface area contributed by atoms with Crippen LogP contribution in [0.15, 0.2) is 24.4 Å². The number of aromatic nitrogens is 3. The van der Waals surface area contributed by atoms with E-state index in [1.165, 1.54) is 6.07 Å². The smallest absolute Gasteiger partial charge is 0.166 e. The number of phenols is 1. The topological polar surface area (TPSA) is 80.4 Å². The molecule has 6 nitrogen and oxygen atoms in total. The first-order chi connectivity index (χ1) is 12.3. The van der Waals surface area contributed by atoms with Gasteiger partial charge < -0.3 is 19.5 Å². The second kappa shape index (κ2) is 5.86. The van der Waals surface area contributed by atoms with Crippen molar-refractivity contribution in [1.82, 2.24) is 14.8 Å². The van der Waals surface area contributed by atoms with Crippen LogP contribution >= 0.6 is 11.6 Å². The molecule has 0 unspecified atom stereocenters. The highest BCUT2D eigenvalue weighted by Gasteiger charge is 2.40. The monoisotopic (exact) mass is 373 g/mol. The second-order valence-electron chi connectivity index (χ2n) is 7.25. The fourth-order valence-electron chi connectivity index (χ4n) is 3.79. The van der Waals surface area contributed by atoms with Crippen LogP contribution in [0, 0.1) is 6.92 Å². The first-order valence-corrected chi connectivity index (χ1v) is 8.81. The fraction of sp³-hybridized carbons (Fsp3) is 0.368. The number of nitrogens with zero attached hydrogens (tertiary/aromatic N) is 3. The lowest BCUT2D eigenvalue weighted by Gasteiger charge is -2.41. The van der Waals surface area contributed by atoms with Gasteiger partial charge in [-0.1, -0.05) is 11.6 Å². The van der Waals surface area contributed by atoms with Crippen LogP contribution in [0.25, 0.3) is 22.3 Å². The van der Waals surface area contributed by atoms with Crippen LogP contribution in [0.2, 0.25) is 5.02 Å². The third-order valence-corrected chi connectivity index (χ3v) is 5.26. The Hall–Kier alpha value is -2.31. The predicted molar refractivity (Wildman–Crippen MR) is 99.8 cm³/mol. The van der Waals surface area contributed by atoms with Crippen LogP contribution in [0.1, 0.15) is 31.4 Å². The number of aryl methyl sites for hydroxylation is 1. The highest BCUT2D eigenvalue weighted by molar-refractivity contribution is 6.31. The zero-order valence-corrected chi connectivity index (χ0v) is 15.6. The number of fused-ring (bicyclic) bond motifs is 1. The zero-order valence-electron chi connectivity index (χ0n) is 14.8. The van der Waals surface area contributed by atoms with E-state index in [4.69, 9.17) is 16.3 Å². The summed E-state index contributed by atoms with van der Waals surface area (Å²) in [5.74, 6) is 0.755. The lowest BCUT2D eigenvalue weighted by molar-refractivity contribution is -0.0499. The Kier molecular flexibility index (Phi) is 3.86. The number of benzene rings is 1. The van der Waals surface area contributed by atoms with Gasteiger partial charge in [-0.25, -0.2) is 0 Å². The van der Waals surface area contributed by atoms with Gasteiger partial charge >= 0.3 is 0 Å². The Balaban J connectivity index is 1.84. The molecule has 1 aliphatic rings. The molecule has 0 spiro atoms. The number of rotatable bonds is 3. The van der Waals surface area contributed by atoms with Crippen molar-refractivity contribution in [2.24, 2.45) is 0 Å². The van der Waals surface area contributed by atoms with Crippen LogP contribution in [-0.4, -0.2) is 37.7 Å². The van der Waals surface area contributed by atoms with E-state index in [1.54, 1.807) is 13.2 Å². The molecule has 2 N–H and O–H groups in total. The average Bonchev–Trinajstić information content (AvgIpc) is 2.89. The lowest BCUT2D eigenvalue weighted by atomic mass is 9.77. The molecule has 26 heavy (non-hydrogen) atoms. The molecule has 0 aliphatic heterocycles. The van der Waals surface area contributed by atoms with Gasteiger partial charge in [-0.15, -0.1) is 10.2 Å². The molecule has 3 aromatic rings. The van der Waals surface area contributed by atoms with E-state index in [-0.39, 0.29) is 11.8 Å². The SMILES string of the molecule is COc1cn(C2CC(C)(O)C2)c2nnc(-c3c(C)cc(Cl)cc3O)cc12. The number of phenolic OH excluding ortho intramolecular Hbond substituents is 1. The molecule has 1 fully saturated rings. The van der Waals surface area contributed by atoms with Crippen LogP contribution in [-0.2, 0) is 0 Å². The minimum atomic E-state index is -0.631. The normalized spacial score (nSPS) is 22.4. The van der Waals surface area contributed by atoms with Gasteiger partial charge in [0, 0.05) is 22.8 Å². The van der Waals surface area contributed by atoms with Crippen molar-refractivity contribution >= 4 is 22.6 Å². The molecule has 2 heterocycles. The maximum absolute atomic E-state index is 10.3. The predicted octanol–water partition coefficient (Wildman–Crippen LogP) is 3.86. The van der Waals surface area contributed by atoms with Crippen molar-refractivity contribution in [3.8, 4) is 22.8 Å². The number of aliphatic hydroxyl groups is 1. The molecule has 0 radical (unpaired) electrons. The minimum absolute atomic E-state index is 0.0667. The molecular weight excluding hydrogens is 354 g/mol. The molecule has 0 atom stereocenters. The van der Waals surface area contributed by atoms with Crippen molar-refractivity contribution in [1.29, 1.82) is 0 Å². The molecule has 0 saturated heterocycles. The molecule has 0 amide bonds. The third-order valence-electron chi connectivity index (χ3n) is 5.04. The van der Waals surface area contributed by atoms with E-state index in [0.29, 0.717) is 40.5 Å². The van der Waals surface area contributed by atoms with Crippen molar-refractivity contribution in [3.63, 3.8) is 0 Å². The summed E-state index contributed by atoms with van der Waals surface area (Å²) >= 11 is 6.00. The maximum atomic E-state index is 10.3. The number of halogens is 1. The lowest BCUT2D eigenvalue weighted by Crippen LogP contribution is -2.41. The van der Waals surface area contributed by atoms with Gasteiger partial charge in [0.25, 0.3) is 0 Å². The summed E-state index contributed by atoms with van der Waals surface area (Å²) in [6.07, 6.45) is 3.23. The molecule has 0 bridgehead atoms. The summed E-state index contributed by atoms with van der Waals surface area (Å²) in [5, 5.41) is 30.3. The van der Waals surface area contributed by atoms with Crippen molar-refractivity contribution in [2.75, 3.05) is 7.11 Å². The van der Waals surface area contributed by atoms with Gasteiger partial charge in [-0.05, 0) is 50.5 Å². The van der Waals surface area contributed by atoms with Gasteiger partial charge in [0.15, 0.2) is 5.65 Å². The third kappa shape index (κ3) is 2.70. The zero-order chi connectivity index (χ0) is 18.6. The molecule has 2 aromatic heterocycles. The van der Waals surface area contributed by atoms with Gasteiger partial charge in [0.2, 0.25) is 0 Å². The second-order valence-corrected chi connectivity index (χ2v) is 7.68. The van der Waals surface area contributed by atoms with E-state index in [2.05, 4.69) is 10.2 Å². The Morgan fingerprint density at radius 1 is 1.27 bits per heavy atom. The van der Waals surface area contributed by atoms with Crippen LogP contribution < -0.4 is 4.74 Å². The highest BCUT2D eigenvalue weighted by Crippen LogP contribution is 2.44. The Morgan fingerprint density at radius 3 is 2.62 bits per heavy atom. The van der Waals surface area contributed by atoms with Crippen LogP contribution in [0.5, 0.6) is 11.5 Å². The Labute approximate surface area is 156 Å². The van der Waals surface area contributed by atoms with E-state index in [9.17, 15) is 10.2 Å². The quantitative estimate of drug-likeness (QED) is 0.728. The molecule has 136 valence electrons. The van der Waals surface area contributed by atoms with E-state index in [0.717, 1.165) is 10.9 Å². The molecule has 1 aromatic carbocycles. The number of hydrogen-bond donors (Lipinski definition) is 2. The first kappa shape index (κ1) is 17.1. The van der Waals surface area contributed by atoms with E-state index in [1.807, 2.05) is 30.7 Å². The maximum Gasteiger partial charge on any atom is 0.166 e. The fourth-order valence-corrected chi connectivity index (χ4v) is 4.06. The van der Waals surface area contributed by atoms with E-state index >= 15 is 0 Å². The number of aromatic hydroxyl groups is 1. The van der Waals surface area contributed by atoms with Gasteiger partial charge in [0.05, 0.1) is 23.8 Å². The van der Waals surface area contributed by atoms with Crippen molar-refractivity contribution in [2.45, 2.75) is 38.3 Å². The summed E-state index contributed by atoms with van der Waals surface area (Å²) in [4.78, 5) is 0. The number of methoxy groups -OCH3 is 1.